The topological polar surface area (TPSA) is 22.0 Å². The van der Waals surface area contributed by atoms with Gasteiger partial charge in [-0.25, -0.2) is 0 Å². The molecule has 0 saturated carbocycles. The smallest absolute Gasteiger partial charge is 0.164 e. The molecule has 0 N–H and O–H groups in total. The van der Waals surface area contributed by atoms with Gasteiger partial charge in [-0.05, 0) is 36.0 Å². The van der Waals surface area contributed by atoms with Gasteiger partial charge in [0, 0.05) is 30.4 Å². The number of hydrogen-bond donors (Lipinski definition) is 0. The highest BCUT2D eigenvalue weighted by Crippen LogP contribution is 2.23. The second-order valence-electron chi connectivity index (χ2n) is 5.98. The molecule has 1 aromatic heterocycles. The van der Waals surface area contributed by atoms with Gasteiger partial charge >= 0.3 is 0 Å². The number of ketones is 1. The number of carbonyl (C=O) groups excluding carboxylic acids is 1. The zero-order valence-corrected chi connectivity index (χ0v) is 12.2. The number of aromatic nitrogens is 1. The average Bonchev–Trinajstić information content (AvgIpc) is 2.84. The normalized spacial score (nSPS) is 14.7. The van der Waals surface area contributed by atoms with Crippen molar-refractivity contribution in [2.75, 3.05) is 0 Å². The Hall–Kier alpha value is -1.83. The first-order chi connectivity index (χ1) is 9.65. The zero-order valence-electron chi connectivity index (χ0n) is 12.2. The summed E-state index contributed by atoms with van der Waals surface area (Å²) in [6.45, 7) is 5.28. The summed E-state index contributed by atoms with van der Waals surface area (Å²) in [5.74, 6) is 0.876. The lowest BCUT2D eigenvalue weighted by molar-refractivity contribution is 0.0972. The molecule has 104 valence electrons. The fourth-order valence-electron chi connectivity index (χ4n) is 2.94. The molecule has 0 atom stereocenters. The molecule has 0 unspecified atom stereocenters. The Morgan fingerprint density at radius 2 is 1.85 bits per heavy atom. The molecule has 1 aliphatic carbocycles. The highest BCUT2D eigenvalue weighted by atomic mass is 16.1. The van der Waals surface area contributed by atoms with E-state index in [1.54, 1.807) is 0 Å². The largest absolute Gasteiger partial charge is 0.346 e. The Labute approximate surface area is 120 Å². The molecule has 0 bridgehead atoms. The van der Waals surface area contributed by atoms with E-state index in [1.165, 1.54) is 16.8 Å². The van der Waals surface area contributed by atoms with Gasteiger partial charge in [0.25, 0.3) is 0 Å². The number of rotatable bonds is 3. The number of carbonyl (C=O) groups is 1. The summed E-state index contributed by atoms with van der Waals surface area (Å²) in [6.07, 6.45) is 4.78. The van der Waals surface area contributed by atoms with Crippen molar-refractivity contribution in [1.82, 2.24) is 4.57 Å². The van der Waals surface area contributed by atoms with Gasteiger partial charge in [-0.2, -0.15) is 0 Å². The molecule has 2 aromatic rings. The molecule has 0 spiro atoms. The molecular formula is C18H21NO. The molecule has 0 amide bonds. The van der Waals surface area contributed by atoms with E-state index < -0.39 is 0 Å². The predicted octanol–water partition coefficient (Wildman–Crippen LogP) is 4.18. The molecule has 0 saturated heterocycles. The van der Waals surface area contributed by atoms with Gasteiger partial charge in [-0.15, -0.1) is 0 Å². The monoisotopic (exact) mass is 267 g/mol. The van der Waals surface area contributed by atoms with Crippen LogP contribution >= 0.6 is 0 Å². The fourth-order valence-corrected chi connectivity index (χ4v) is 2.94. The van der Waals surface area contributed by atoms with Gasteiger partial charge in [-0.3, -0.25) is 4.79 Å². The maximum Gasteiger partial charge on any atom is 0.164 e. The average molecular weight is 267 g/mol. The first-order valence-electron chi connectivity index (χ1n) is 7.45. The minimum absolute atomic E-state index is 0.306. The summed E-state index contributed by atoms with van der Waals surface area (Å²) in [6, 6.07) is 10.8. The van der Waals surface area contributed by atoms with Crippen LogP contribution in [-0.2, 0) is 13.0 Å². The van der Waals surface area contributed by atoms with Crippen molar-refractivity contribution < 1.29 is 4.79 Å². The van der Waals surface area contributed by atoms with Crippen molar-refractivity contribution >= 4 is 5.78 Å². The molecular weight excluding hydrogens is 246 g/mol. The molecule has 0 aliphatic heterocycles. The van der Waals surface area contributed by atoms with Crippen LogP contribution < -0.4 is 0 Å². The van der Waals surface area contributed by atoms with E-state index in [-0.39, 0.29) is 0 Å². The lowest BCUT2D eigenvalue weighted by atomic mass is 9.96. The molecule has 1 aliphatic rings. The van der Waals surface area contributed by atoms with Crippen LogP contribution in [0.3, 0.4) is 0 Å². The maximum absolute atomic E-state index is 11.9. The molecule has 2 heteroatoms. The highest BCUT2D eigenvalue weighted by Gasteiger charge is 2.20. The van der Waals surface area contributed by atoms with E-state index in [2.05, 4.69) is 48.9 Å². The summed E-state index contributed by atoms with van der Waals surface area (Å²) in [5.41, 5.74) is 4.83. The number of fused-ring (bicyclic) bond motifs is 1. The van der Waals surface area contributed by atoms with E-state index in [1.807, 2.05) is 6.07 Å². The number of Topliss-reactive ketones (excluding diaryl/α,β-unsaturated/α-hetero) is 1. The molecule has 1 aromatic carbocycles. The highest BCUT2D eigenvalue weighted by molar-refractivity contribution is 5.98. The van der Waals surface area contributed by atoms with Gasteiger partial charge < -0.3 is 4.57 Å². The molecule has 0 radical (unpaired) electrons. The van der Waals surface area contributed by atoms with Crippen LogP contribution in [0.5, 0.6) is 0 Å². The molecule has 2 nitrogen and oxygen atoms in total. The number of nitrogens with zero attached hydrogens (tertiary/aromatic N) is 1. The third kappa shape index (κ3) is 2.43. The quantitative estimate of drug-likeness (QED) is 0.817. The zero-order chi connectivity index (χ0) is 14.1. The van der Waals surface area contributed by atoms with Crippen LogP contribution in [0.4, 0.5) is 0 Å². The SMILES string of the molecule is CC(C)c1ccc(Cn2ccc3c2CCCC3=O)cc1. The van der Waals surface area contributed by atoms with E-state index in [0.717, 1.165) is 24.9 Å². The van der Waals surface area contributed by atoms with Crippen LogP contribution in [0.25, 0.3) is 0 Å². The van der Waals surface area contributed by atoms with Crippen molar-refractivity contribution in [3.8, 4) is 0 Å². The Bertz CT molecular complexity index is 619. The van der Waals surface area contributed by atoms with Crippen molar-refractivity contribution in [3.05, 3.63) is 58.9 Å². The second kappa shape index (κ2) is 5.28. The summed E-state index contributed by atoms with van der Waals surface area (Å²) < 4.78 is 2.23. The third-order valence-electron chi connectivity index (χ3n) is 4.20. The van der Waals surface area contributed by atoms with Crippen LogP contribution in [0.2, 0.25) is 0 Å². The van der Waals surface area contributed by atoms with Crippen molar-refractivity contribution in [2.45, 2.75) is 45.6 Å². The van der Waals surface area contributed by atoms with Gasteiger partial charge in [0.15, 0.2) is 5.78 Å². The Balaban J connectivity index is 1.83. The number of hydrogen-bond acceptors (Lipinski definition) is 1. The van der Waals surface area contributed by atoms with Gasteiger partial charge in [0.2, 0.25) is 0 Å². The lowest BCUT2D eigenvalue weighted by Crippen LogP contribution is -2.13. The predicted molar refractivity (Wildman–Crippen MR) is 81.3 cm³/mol. The first kappa shape index (κ1) is 13.2. The minimum atomic E-state index is 0.306. The van der Waals surface area contributed by atoms with Gasteiger partial charge in [0.1, 0.15) is 0 Å². The Morgan fingerprint density at radius 1 is 1.10 bits per heavy atom. The Morgan fingerprint density at radius 3 is 2.55 bits per heavy atom. The summed E-state index contributed by atoms with van der Waals surface area (Å²) in [5, 5.41) is 0. The van der Waals surface area contributed by atoms with Crippen molar-refractivity contribution in [1.29, 1.82) is 0 Å². The Kier molecular flexibility index (Phi) is 3.47. The van der Waals surface area contributed by atoms with Crippen LogP contribution in [0.1, 0.15) is 59.8 Å². The third-order valence-corrected chi connectivity index (χ3v) is 4.20. The van der Waals surface area contributed by atoms with Crippen LogP contribution in [0.15, 0.2) is 36.5 Å². The lowest BCUT2D eigenvalue weighted by Gasteiger charge is -2.15. The standard InChI is InChI=1S/C18H21NO/c1-13(2)15-8-6-14(7-9-15)12-19-11-10-16-17(19)4-3-5-18(16)20/h6-11,13H,3-5,12H2,1-2H3. The molecule has 0 fully saturated rings. The van der Waals surface area contributed by atoms with E-state index in [4.69, 9.17) is 0 Å². The second-order valence-corrected chi connectivity index (χ2v) is 5.98. The van der Waals surface area contributed by atoms with Gasteiger partial charge in [-0.1, -0.05) is 38.1 Å². The van der Waals surface area contributed by atoms with Crippen LogP contribution in [0, 0.1) is 0 Å². The summed E-state index contributed by atoms with van der Waals surface area (Å²) in [4.78, 5) is 11.9. The fraction of sp³-hybridized carbons (Fsp3) is 0.389. The first-order valence-corrected chi connectivity index (χ1v) is 7.45. The van der Waals surface area contributed by atoms with E-state index in [9.17, 15) is 4.79 Å². The summed E-state index contributed by atoms with van der Waals surface area (Å²) in [7, 11) is 0. The number of benzene rings is 1. The van der Waals surface area contributed by atoms with Crippen molar-refractivity contribution in [2.24, 2.45) is 0 Å². The minimum Gasteiger partial charge on any atom is -0.346 e. The van der Waals surface area contributed by atoms with Gasteiger partial charge in [0.05, 0.1) is 0 Å². The van der Waals surface area contributed by atoms with Crippen LogP contribution in [-0.4, -0.2) is 10.4 Å². The summed E-state index contributed by atoms with van der Waals surface area (Å²) >= 11 is 0. The maximum atomic E-state index is 11.9. The molecule has 1 heterocycles. The molecule has 20 heavy (non-hydrogen) atoms. The molecule has 3 rings (SSSR count). The van der Waals surface area contributed by atoms with Crippen molar-refractivity contribution in [3.63, 3.8) is 0 Å². The van der Waals surface area contributed by atoms with E-state index >= 15 is 0 Å². The van der Waals surface area contributed by atoms with E-state index in [0.29, 0.717) is 18.1 Å².